The van der Waals surface area contributed by atoms with Gasteiger partial charge in [0.05, 0.1) is 18.8 Å². The Morgan fingerprint density at radius 2 is 1.76 bits per heavy atom. The van der Waals surface area contributed by atoms with E-state index in [-0.39, 0.29) is 35.7 Å². The van der Waals surface area contributed by atoms with Crippen LogP contribution in [-0.4, -0.2) is 59.5 Å². The lowest BCUT2D eigenvalue weighted by atomic mass is 9.42. The van der Waals surface area contributed by atoms with Gasteiger partial charge in [-0.05, 0) is 73.9 Å². The number of fused-ring (bicyclic) bond motifs is 4. The number of pyridine rings is 1. The SMILES string of the molecule is COc1ccc(C(=O)O[C@H]2CC3[C@](C)(CC[C@H](OC(C)=O)[C@]3(C)COC(C)=O)C3[C@@H](O)c4c(cc(-c5cccnc5)oc4=O)O[C@@]32C)cc1. The number of aromatic nitrogens is 1. The minimum absolute atomic E-state index is 0.0407. The van der Waals surface area contributed by atoms with Crippen molar-refractivity contribution in [2.45, 2.75) is 77.8 Å². The Bertz CT molecular complexity index is 1810. The predicted octanol–water partition coefficient (Wildman–Crippen LogP) is 5.06. The molecule has 2 fully saturated rings. The van der Waals surface area contributed by atoms with Gasteiger partial charge in [0, 0.05) is 49.2 Å². The van der Waals surface area contributed by atoms with Gasteiger partial charge >= 0.3 is 23.5 Å². The maximum absolute atomic E-state index is 13.8. The largest absolute Gasteiger partial charge is 0.497 e. The number of rotatable bonds is 7. The van der Waals surface area contributed by atoms with E-state index in [2.05, 4.69) is 4.98 Å². The summed E-state index contributed by atoms with van der Waals surface area (Å²) < 4.78 is 35.5. The quantitative estimate of drug-likeness (QED) is 0.262. The Labute approximate surface area is 283 Å². The van der Waals surface area contributed by atoms with E-state index in [1.54, 1.807) is 61.8 Å². The average Bonchev–Trinajstić information content (AvgIpc) is 3.06. The highest BCUT2D eigenvalue weighted by Crippen LogP contribution is 2.67. The number of carbonyl (C=O) groups excluding carboxylic acids is 3. The van der Waals surface area contributed by atoms with Crippen molar-refractivity contribution in [3.05, 3.63) is 76.4 Å². The summed E-state index contributed by atoms with van der Waals surface area (Å²) in [5.41, 5.74) is -3.11. The van der Waals surface area contributed by atoms with Gasteiger partial charge in [0.25, 0.3) is 0 Å². The number of nitrogens with zero attached hydrogens (tertiary/aromatic N) is 1. The lowest BCUT2D eigenvalue weighted by Crippen LogP contribution is -2.71. The molecule has 3 aromatic rings. The summed E-state index contributed by atoms with van der Waals surface area (Å²) in [5.74, 6) is -2.00. The normalized spacial score (nSPS) is 31.5. The number of hydrogen-bond acceptors (Lipinski definition) is 12. The molecule has 2 aliphatic carbocycles. The molecule has 8 atom stereocenters. The highest BCUT2D eigenvalue weighted by atomic mass is 16.6. The van der Waals surface area contributed by atoms with Crippen LogP contribution in [0, 0.1) is 22.7 Å². The molecule has 0 radical (unpaired) electrons. The number of carbonyl (C=O) groups is 3. The van der Waals surface area contributed by atoms with Crippen molar-refractivity contribution in [3.63, 3.8) is 0 Å². The van der Waals surface area contributed by atoms with Crippen LogP contribution in [0.3, 0.4) is 0 Å². The van der Waals surface area contributed by atoms with E-state index in [1.165, 1.54) is 21.0 Å². The number of hydrogen-bond donors (Lipinski definition) is 1. The monoisotopic (exact) mass is 675 g/mol. The standard InChI is InChI=1S/C37H41NO11/c1-20(39)45-19-36(4)27-17-29(48-33(42)22-9-11-24(44-6)12-10-22)37(5)32(35(27,3)14-13-28(36)46-21(2)40)31(41)30-26(49-37)16-25(47-34(30)43)23-8-7-15-38-18-23/h7-12,15-16,18,27-29,31-32,41H,13-14,17,19H2,1-6H3/t27?,28-,29-,31-,32?,35-,36+,37+/m0/s1. The number of methoxy groups -OCH3 is 1. The first-order chi connectivity index (χ1) is 23.2. The highest BCUT2D eigenvalue weighted by Gasteiger charge is 2.71. The Morgan fingerprint density at radius 1 is 1.02 bits per heavy atom. The molecule has 0 saturated heterocycles. The molecule has 12 heteroatoms. The molecule has 1 aromatic carbocycles. The van der Waals surface area contributed by atoms with Crippen LogP contribution in [0.25, 0.3) is 11.3 Å². The van der Waals surface area contributed by atoms with Gasteiger partial charge in [-0.25, -0.2) is 9.59 Å². The molecule has 2 aromatic heterocycles. The molecule has 6 rings (SSSR count). The van der Waals surface area contributed by atoms with Crippen LogP contribution in [0.5, 0.6) is 11.5 Å². The Morgan fingerprint density at radius 3 is 2.39 bits per heavy atom. The van der Waals surface area contributed by atoms with E-state index in [1.807, 2.05) is 13.8 Å². The number of ether oxygens (including phenoxy) is 5. The Kier molecular flexibility index (Phi) is 8.81. The summed E-state index contributed by atoms with van der Waals surface area (Å²) in [4.78, 5) is 56.0. The maximum Gasteiger partial charge on any atom is 0.345 e. The molecule has 0 amide bonds. The third-order valence-corrected chi connectivity index (χ3v) is 11.0. The van der Waals surface area contributed by atoms with Gasteiger partial charge in [0.1, 0.15) is 47.2 Å². The van der Waals surface area contributed by atoms with Crippen molar-refractivity contribution >= 4 is 17.9 Å². The van der Waals surface area contributed by atoms with Crippen molar-refractivity contribution in [1.29, 1.82) is 0 Å². The second kappa shape index (κ2) is 12.6. The summed E-state index contributed by atoms with van der Waals surface area (Å²) in [6, 6.07) is 11.5. The van der Waals surface area contributed by atoms with Crippen molar-refractivity contribution < 1.29 is 47.6 Å². The third-order valence-electron chi connectivity index (χ3n) is 11.0. The fourth-order valence-corrected chi connectivity index (χ4v) is 8.76. The Balaban J connectivity index is 1.49. The van der Waals surface area contributed by atoms with Crippen molar-refractivity contribution in [2.24, 2.45) is 22.7 Å². The molecule has 2 saturated carbocycles. The first-order valence-electron chi connectivity index (χ1n) is 16.3. The second-order valence-corrected chi connectivity index (χ2v) is 14.0. The van der Waals surface area contributed by atoms with Crippen molar-refractivity contribution in [1.82, 2.24) is 4.98 Å². The molecule has 1 aliphatic heterocycles. The number of aliphatic hydroxyl groups excluding tert-OH is 1. The topological polar surface area (TPSA) is 161 Å². The van der Waals surface area contributed by atoms with Crippen LogP contribution in [0.1, 0.15) is 75.9 Å². The van der Waals surface area contributed by atoms with Gasteiger partial charge in [0.2, 0.25) is 0 Å². The fourth-order valence-electron chi connectivity index (χ4n) is 8.76. The van der Waals surface area contributed by atoms with E-state index in [4.69, 9.17) is 28.1 Å². The van der Waals surface area contributed by atoms with Gasteiger partial charge in [-0.3, -0.25) is 14.6 Å². The minimum atomic E-state index is -1.40. The van der Waals surface area contributed by atoms with Gasteiger partial charge in [-0.1, -0.05) is 13.8 Å². The summed E-state index contributed by atoms with van der Waals surface area (Å²) in [6.45, 7) is 8.21. The van der Waals surface area contributed by atoms with E-state index in [0.29, 0.717) is 24.2 Å². The van der Waals surface area contributed by atoms with Gasteiger partial charge in [-0.2, -0.15) is 0 Å². The third kappa shape index (κ3) is 5.85. The van der Waals surface area contributed by atoms with E-state index < -0.39 is 70.1 Å². The van der Waals surface area contributed by atoms with Crippen LogP contribution < -0.4 is 15.1 Å². The zero-order valence-corrected chi connectivity index (χ0v) is 28.4. The van der Waals surface area contributed by atoms with Crippen LogP contribution in [0.15, 0.2) is 64.1 Å². The smallest absolute Gasteiger partial charge is 0.345 e. The molecule has 49 heavy (non-hydrogen) atoms. The average molecular weight is 676 g/mol. The fraction of sp³-hybridized carbons (Fsp3) is 0.486. The zero-order chi connectivity index (χ0) is 35.3. The highest BCUT2D eigenvalue weighted by molar-refractivity contribution is 5.89. The number of esters is 3. The van der Waals surface area contributed by atoms with Crippen molar-refractivity contribution in [2.75, 3.05) is 13.7 Å². The molecule has 12 nitrogen and oxygen atoms in total. The lowest BCUT2D eigenvalue weighted by molar-refractivity contribution is -0.266. The van der Waals surface area contributed by atoms with Crippen LogP contribution >= 0.6 is 0 Å². The van der Waals surface area contributed by atoms with Gasteiger partial charge in [-0.15, -0.1) is 0 Å². The van der Waals surface area contributed by atoms with E-state index in [9.17, 15) is 24.3 Å². The molecule has 0 bridgehead atoms. The molecule has 1 N–H and O–H groups in total. The van der Waals surface area contributed by atoms with Crippen LogP contribution in [0.4, 0.5) is 0 Å². The zero-order valence-electron chi connectivity index (χ0n) is 28.4. The lowest BCUT2D eigenvalue weighted by Gasteiger charge is -2.66. The van der Waals surface area contributed by atoms with Gasteiger partial charge in [0.15, 0.2) is 0 Å². The molecular formula is C37H41NO11. The number of aliphatic hydroxyl groups is 1. The summed E-state index contributed by atoms with van der Waals surface area (Å²) in [7, 11) is 1.53. The summed E-state index contributed by atoms with van der Waals surface area (Å²) in [6.07, 6.45) is 1.18. The van der Waals surface area contributed by atoms with E-state index >= 15 is 0 Å². The second-order valence-electron chi connectivity index (χ2n) is 14.0. The first kappa shape index (κ1) is 34.2. The molecule has 0 spiro atoms. The van der Waals surface area contributed by atoms with E-state index in [0.717, 1.165) is 0 Å². The molecule has 3 heterocycles. The maximum atomic E-state index is 13.8. The Hall–Kier alpha value is -4.71. The first-order valence-corrected chi connectivity index (χ1v) is 16.3. The number of benzene rings is 1. The van der Waals surface area contributed by atoms with Crippen molar-refractivity contribution in [3.8, 4) is 22.8 Å². The molecule has 3 aliphatic rings. The molecular weight excluding hydrogens is 634 g/mol. The molecule has 2 unspecified atom stereocenters. The summed E-state index contributed by atoms with van der Waals surface area (Å²) >= 11 is 0. The van der Waals surface area contributed by atoms with Crippen LogP contribution in [0.2, 0.25) is 0 Å². The van der Waals surface area contributed by atoms with Crippen LogP contribution in [-0.2, 0) is 23.8 Å². The minimum Gasteiger partial charge on any atom is -0.497 e. The summed E-state index contributed by atoms with van der Waals surface area (Å²) in [5, 5.41) is 12.3. The molecule has 260 valence electrons. The predicted molar refractivity (Wildman–Crippen MR) is 174 cm³/mol. The van der Waals surface area contributed by atoms with Gasteiger partial charge < -0.3 is 33.2 Å².